The number of aromatic nitrogens is 3. The van der Waals surface area contributed by atoms with Crippen molar-refractivity contribution in [1.82, 2.24) is 19.4 Å². The molecule has 0 saturated carbocycles. The first-order valence-corrected chi connectivity index (χ1v) is 11.5. The van der Waals surface area contributed by atoms with Gasteiger partial charge >= 0.3 is 0 Å². The van der Waals surface area contributed by atoms with Crippen LogP contribution in [0, 0.1) is 17.1 Å². The van der Waals surface area contributed by atoms with Gasteiger partial charge in [0.15, 0.2) is 5.13 Å². The van der Waals surface area contributed by atoms with E-state index in [2.05, 4.69) is 37.4 Å². The summed E-state index contributed by atoms with van der Waals surface area (Å²) < 4.78 is 16.0. The maximum Gasteiger partial charge on any atom is 0.188 e. The van der Waals surface area contributed by atoms with Crippen LogP contribution >= 0.6 is 11.3 Å². The van der Waals surface area contributed by atoms with Crippen LogP contribution in [0.2, 0.25) is 0 Å². The van der Waals surface area contributed by atoms with Crippen molar-refractivity contribution in [2.45, 2.75) is 31.8 Å². The fourth-order valence-electron chi connectivity index (χ4n) is 4.48. The van der Waals surface area contributed by atoms with Gasteiger partial charge < -0.3 is 9.88 Å². The minimum atomic E-state index is -0.204. The Balaban J connectivity index is 1.38. The Morgan fingerprint density at radius 1 is 1.28 bits per heavy atom. The summed E-state index contributed by atoms with van der Waals surface area (Å²) in [6, 6.07) is 10.7. The number of halogens is 1. The van der Waals surface area contributed by atoms with Gasteiger partial charge in [0.25, 0.3) is 0 Å². The van der Waals surface area contributed by atoms with E-state index >= 15 is 0 Å². The summed E-state index contributed by atoms with van der Waals surface area (Å²) in [6.07, 6.45) is 7.08. The minimum Gasteiger partial charge on any atom is -0.350 e. The van der Waals surface area contributed by atoms with Crippen molar-refractivity contribution in [3.05, 3.63) is 70.7 Å². The molecule has 0 aliphatic carbocycles. The van der Waals surface area contributed by atoms with E-state index in [0.717, 1.165) is 59.6 Å². The lowest BCUT2D eigenvalue weighted by atomic mass is 9.99. The molecule has 0 bridgehead atoms. The van der Waals surface area contributed by atoms with E-state index < -0.39 is 0 Å². The summed E-state index contributed by atoms with van der Waals surface area (Å²) in [7, 11) is 2.01. The van der Waals surface area contributed by atoms with Crippen LogP contribution in [-0.2, 0) is 13.6 Å². The standard InChI is InChI=1S/C24H23FN6S/c1-30-13-17(19-11-18(25)5-6-21(19)30)14-31-9-3-2-4-22(31)20-15-32-24(28-20)29-23-10-16(12-26)7-8-27-23/h5-8,10-11,13,15,22H,2-4,9,14H2,1H3,(H,27,28,29)/t22-/m1/s1. The number of anilines is 2. The normalized spacial score (nSPS) is 16.8. The number of benzene rings is 1. The number of fused-ring (bicyclic) bond motifs is 1. The van der Waals surface area contributed by atoms with E-state index in [1.165, 1.54) is 6.07 Å². The highest BCUT2D eigenvalue weighted by Crippen LogP contribution is 2.35. The van der Waals surface area contributed by atoms with Gasteiger partial charge in [0.1, 0.15) is 11.6 Å². The highest BCUT2D eigenvalue weighted by molar-refractivity contribution is 7.13. The number of nitrogens with one attached hydrogen (secondary N) is 1. The lowest BCUT2D eigenvalue weighted by molar-refractivity contribution is 0.138. The summed E-state index contributed by atoms with van der Waals surface area (Å²) in [5, 5.41) is 16.1. The van der Waals surface area contributed by atoms with Crippen LogP contribution in [0.4, 0.5) is 15.3 Å². The first-order valence-electron chi connectivity index (χ1n) is 10.7. The van der Waals surface area contributed by atoms with Gasteiger partial charge in [0, 0.05) is 42.3 Å². The van der Waals surface area contributed by atoms with Crippen LogP contribution in [0.1, 0.15) is 42.1 Å². The SMILES string of the molecule is Cn1cc(CN2CCCC[C@@H]2c2csc(Nc3cc(C#N)ccn3)n2)c2cc(F)ccc21. The zero-order valence-corrected chi connectivity index (χ0v) is 18.6. The fourth-order valence-corrected chi connectivity index (χ4v) is 5.24. The minimum absolute atomic E-state index is 0.204. The molecule has 32 heavy (non-hydrogen) atoms. The van der Waals surface area contributed by atoms with E-state index in [1.807, 2.05) is 13.1 Å². The van der Waals surface area contributed by atoms with Gasteiger partial charge in [-0.15, -0.1) is 11.3 Å². The Hall–Kier alpha value is -3.28. The molecule has 1 saturated heterocycles. The third-order valence-corrected chi connectivity index (χ3v) is 6.78. The second-order valence-corrected chi connectivity index (χ2v) is 9.01. The Bertz CT molecular complexity index is 1300. The molecule has 1 aliphatic rings. The molecule has 1 aliphatic heterocycles. The Labute approximate surface area is 190 Å². The lowest BCUT2D eigenvalue weighted by Gasteiger charge is -2.34. The molecular formula is C24H23FN6S. The van der Waals surface area contributed by atoms with Gasteiger partial charge in [-0.1, -0.05) is 6.42 Å². The molecule has 0 spiro atoms. The monoisotopic (exact) mass is 446 g/mol. The summed E-state index contributed by atoms with van der Waals surface area (Å²) in [6.45, 7) is 1.75. The molecule has 1 atom stereocenters. The molecule has 4 aromatic rings. The molecule has 5 rings (SSSR count). The third-order valence-electron chi connectivity index (χ3n) is 6.01. The Kier molecular flexibility index (Phi) is 5.60. The van der Waals surface area contributed by atoms with Crippen LogP contribution in [0.15, 0.2) is 48.1 Å². The predicted octanol–water partition coefficient (Wildman–Crippen LogP) is 5.51. The number of aryl methyl sites for hydroxylation is 1. The number of hydrogen-bond donors (Lipinski definition) is 1. The summed E-state index contributed by atoms with van der Waals surface area (Å²) in [4.78, 5) is 11.6. The van der Waals surface area contributed by atoms with E-state index in [1.54, 1.807) is 35.7 Å². The van der Waals surface area contributed by atoms with E-state index in [0.29, 0.717) is 11.4 Å². The average Bonchev–Trinajstić information content (AvgIpc) is 3.38. The second kappa shape index (κ2) is 8.69. The number of nitriles is 1. The van der Waals surface area contributed by atoms with Crippen molar-refractivity contribution in [2.75, 3.05) is 11.9 Å². The number of rotatable bonds is 5. The lowest BCUT2D eigenvalue weighted by Crippen LogP contribution is -2.33. The molecule has 1 N–H and O–H groups in total. The summed E-state index contributed by atoms with van der Waals surface area (Å²) in [5.41, 5.74) is 3.78. The number of hydrogen-bond acceptors (Lipinski definition) is 6. The first-order chi connectivity index (χ1) is 15.6. The van der Waals surface area contributed by atoms with E-state index in [-0.39, 0.29) is 11.9 Å². The first kappa shape index (κ1) is 20.6. The van der Waals surface area contributed by atoms with Crippen molar-refractivity contribution in [2.24, 2.45) is 7.05 Å². The van der Waals surface area contributed by atoms with Crippen LogP contribution in [0.3, 0.4) is 0 Å². The van der Waals surface area contributed by atoms with Crippen molar-refractivity contribution in [3.8, 4) is 6.07 Å². The fraction of sp³-hybridized carbons (Fsp3) is 0.292. The van der Waals surface area contributed by atoms with Gasteiger partial charge in [0.2, 0.25) is 0 Å². The maximum atomic E-state index is 13.9. The van der Waals surface area contributed by atoms with Crippen LogP contribution in [0.5, 0.6) is 0 Å². The van der Waals surface area contributed by atoms with Gasteiger partial charge in [-0.25, -0.2) is 14.4 Å². The number of likely N-dealkylation sites (tertiary alicyclic amines) is 1. The molecule has 8 heteroatoms. The largest absolute Gasteiger partial charge is 0.350 e. The number of pyridine rings is 1. The van der Waals surface area contributed by atoms with E-state index in [9.17, 15) is 4.39 Å². The Morgan fingerprint density at radius 2 is 2.19 bits per heavy atom. The highest BCUT2D eigenvalue weighted by atomic mass is 32.1. The number of piperidine rings is 1. The molecular weight excluding hydrogens is 423 g/mol. The van der Waals surface area contributed by atoms with Gasteiger partial charge in [0.05, 0.1) is 23.4 Å². The number of nitrogens with zero attached hydrogens (tertiary/aromatic N) is 5. The molecule has 1 fully saturated rings. The van der Waals surface area contributed by atoms with Gasteiger partial charge in [-0.2, -0.15) is 5.26 Å². The summed E-state index contributed by atoms with van der Waals surface area (Å²) >= 11 is 1.54. The topological polar surface area (TPSA) is 69.8 Å². The van der Waals surface area contributed by atoms with Crippen molar-refractivity contribution < 1.29 is 4.39 Å². The van der Waals surface area contributed by atoms with Crippen molar-refractivity contribution in [1.29, 1.82) is 5.26 Å². The van der Waals surface area contributed by atoms with Crippen molar-refractivity contribution in [3.63, 3.8) is 0 Å². The van der Waals surface area contributed by atoms with Crippen LogP contribution in [0.25, 0.3) is 10.9 Å². The predicted molar refractivity (Wildman–Crippen MR) is 124 cm³/mol. The number of thiazole rings is 1. The maximum absolute atomic E-state index is 13.9. The second-order valence-electron chi connectivity index (χ2n) is 8.15. The molecule has 0 unspecified atom stereocenters. The molecule has 0 amide bonds. The Morgan fingerprint density at radius 3 is 3.06 bits per heavy atom. The molecule has 4 heterocycles. The molecule has 6 nitrogen and oxygen atoms in total. The zero-order chi connectivity index (χ0) is 22.1. The third kappa shape index (κ3) is 4.09. The quantitative estimate of drug-likeness (QED) is 0.438. The van der Waals surface area contributed by atoms with E-state index in [4.69, 9.17) is 10.2 Å². The average molecular weight is 447 g/mol. The molecule has 1 aromatic carbocycles. The molecule has 0 radical (unpaired) electrons. The molecule has 3 aromatic heterocycles. The molecule has 162 valence electrons. The van der Waals surface area contributed by atoms with Gasteiger partial charge in [-0.3, -0.25) is 4.90 Å². The highest BCUT2D eigenvalue weighted by Gasteiger charge is 2.27. The smallest absolute Gasteiger partial charge is 0.188 e. The van der Waals surface area contributed by atoms with Crippen LogP contribution in [-0.4, -0.2) is 26.0 Å². The van der Waals surface area contributed by atoms with Crippen molar-refractivity contribution >= 4 is 33.2 Å². The van der Waals surface area contributed by atoms with Crippen LogP contribution < -0.4 is 5.32 Å². The summed E-state index contributed by atoms with van der Waals surface area (Å²) in [5.74, 6) is 0.410. The zero-order valence-electron chi connectivity index (χ0n) is 17.8. The van der Waals surface area contributed by atoms with Gasteiger partial charge in [-0.05, 0) is 55.3 Å².